The predicted octanol–water partition coefficient (Wildman–Crippen LogP) is 1.29. The zero-order valence-corrected chi connectivity index (χ0v) is 12.2. The second-order valence-corrected chi connectivity index (χ2v) is 4.82. The fourth-order valence-electron chi connectivity index (χ4n) is 1.75. The maximum absolute atomic E-state index is 5.56. The summed E-state index contributed by atoms with van der Waals surface area (Å²) in [5.41, 5.74) is 4.99. The van der Waals surface area contributed by atoms with Crippen molar-refractivity contribution in [1.82, 2.24) is 15.2 Å². The number of hydrazine groups is 1. The van der Waals surface area contributed by atoms with Crippen molar-refractivity contribution in [2.24, 2.45) is 12.9 Å². The Kier molecular flexibility index (Phi) is 6.11. The highest BCUT2D eigenvalue weighted by molar-refractivity contribution is 9.10. The van der Waals surface area contributed by atoms with Crippen molar-refractivity contribution in [2.45, 2.75) is 32.7 Å². The molecule has 0 fully saturated rings. The molecule has 5 nitrogen and oxygen atoms in total. The van der Waals surface area contributed by atoms with Gasteiger partial charge in [0.2, 0.25) is 0 Å². The Morgan fingerprint density at radius 2 is 2.29 bits per heavy atom. The van der Waals surface area contributed by atoms with Gasteiger partial charge < -0.3 is 4.74 Å². The Labute approximate surface area is 111 Å². The molecule has 1 aromatic rings. The topological polar surface area (TPSA) is 65.1 Å². The van der Waals surface area contributed by atoms with Gasteiger partial charge in [-0.25, -0.2) is 0 Å². The number of ether oxygens (including phenoxy) is 1. The molecular formula is C11H21BrN4O. The Balaban J connectivity index is 2.60. The molecule has 0 aliphatic rings. The molecule has 0 aliphatic heterocycles. The first-order valence-electron chi connectivity index (χ1n) is 5.82. The quantitative estimate of drug-likeness (QED) is 0.453. The van der Waals surface area contributed by atoms with Crippen molar-refractivity contribution in [3.8, 4) is 0 Å². The lowest BCUT2D eigenvalue weighted by atomic mass is 10.1. The highest BCUT2D eigenvalue weighted by atomic mass is 79.9. The lowest BCUT2D eigenvalue weighted by Gasteiger charge is -2.16. The number of nitrogens with one attached hydrogen (secondary N) is 1. The van der Waals surface area contributed by atoms with Gasteiger partial charge in [0.25, 0.3) is 0 Å². The van der Waals surface area contributed by atoms with Crippen LogP contribution in [0, 0.1) is 6.92 Å². The number of nitrogens with two attached hydrogens (primary N) is 1. The minimum Gasteiger partial charge on any atom is -0.382 e. The average Bonchev–Trinajstić information content (AvgIpc) is 2.54. The van der Waals surface area contributed by atoms with Crippen molar-refractivity contribution in [2.75, 3.05) is 13.2 Å². The second kappa shape index (κ2) is 7.10. The Hall–Kier alpha value is -0.430. The fraction of sp³-hybridized carbons (Fsp3) is 0.727. The van der Waals surface area contributed by atoms with E-state index in [2.05, 4.69) is 26.5 Å². The molecule has 0 spiro atoms. The summed E-state index contributed by atoms with van der Waals surface area (Å²) in [4.78, 5) is 0. The van der Waals surface area contributed by atoms with Crippen LogP contribution in [0.3, 0.4) is 0 Å². The van der Waals surface area contributed by atoms with Crippen molar-refractivity contribution in [3.63, 3.8) is 0 Å². The van der Waals surface area contributed by atoms with Crippen LogP contribution in [0.4, 0.5) is 0 Å². The van der Waals surface area contributed by atoms with Crippen LogP contribution in [0.15, 0.2) is 4.47 Å². The number of aryl methyl sites for hydroxylation is 2. The van der Waals surface area contributed by atoms with E-state index in [9.17, 15) is 0 Å². The molecule has 0 radical (unpaired) electrons. The lowest BCUT2D eigenvalue weighted by Crippen LogP contribution is -2.38. The van der Waals surface area contributed by atoms with Crippen molar-refractivity contribution in [1.29, 1.82) is 0 Å². The third-order valence-corrected chi connectivity index (χ3v) is 3.78. The van der Waals surface area contributed by atoms with Gasteiger partial charge in [0, 0.05) is 32.7 Å². The van der Waals surface area contributed by atoms with Crippen LogP contribution in [-0.2, 0) is 18.2 Å². The smallest absolute Gasteiger partial charge is 0.0738 e. The number of halogens is 1. The van der Waals surface area contributed by atoms with Gasteiger partial charge in [-0.3, -0.25) is 16.0 Å². The van der Waals surface area contributed by atoms with Crippen LogP contribution in [0.25, 0.3) is 0 Å². The van der Waals surface area contributed by atoms with Gasteiger partial charge in [0.05, 0.1) is 15.9 Å². The van der Waals surface area contributed by atoms with E-state index in [-0.39, 0.29) is 6.04 Å². The molecule has 0 aromatic carbocycles. The molecule has 98 valence electrons. The van der Waals surface area contributed by atoms with E-state index in [1.165, 1.54) is 0 Å². The van der Waals surface area contributed by atoms with Crippen LogP contribution < -0.4 is 11.3 Å². The van der Waals surface area contributed by atoms with E-state index >= 15 is 0 Å². The summed E-state index contributed by atoms with van der Waals surface area (Å²) in [6, 6.07) is 0.202. The Morgan fingerprint density at radius 3 is 2.76 bits per heavy atom. The van der Waals surface area contributed by atoms with Gasteiger partial charge in [-0.2, -0.15) is 5.10 Å². The second-order valence-electron chi connectivity index (χ2n) is 4.02. The van der Waals surface area contributed by atoms with E-state index in [4.69, 9.17) is 10.6 Å². The van der Waals surface area contributed by atoms with Gasteiger partial charge in [-0.1, -0.05) is 0 Å². The third kappa shape index (κ3) is 4.06. The molecule has 0 amide bonds. The summed E-state index contributed by atoms with van der Waals surface area (Å²) in [5.74, 6) is 5.56. The molecule has 3 N–H and O–H groups in total. The van der Waals surface area contributed by atoms with Gasteiger partial charge in [-0.05, 0) is 36.2 Å². The van der Waals surface area contributed by atoms with Crippen molar-refractivity contribution < 1.29 is 4.74 Å². The minimum atomic E-state index is 0.202. The van der Waals surface area contributed by atoms with E-state index in [1.807, 2.05) is 25.6 Å². The van der Waals surface area contributed by atoms with Crippen molar-refractivity contribution >= 4 is 15.9 Å². The van der Waals surface area contributed by atoms with Crippen molar-refractivity contribution in [3.05, 3.63) is 15.9 Å². The summed E-state index contributed by atoms with van der Waals surface area (Å²) in [6.07, 6.45) is 1.72. The maximum Gasteiger partial charge on any atom is 0.0738 e. The summed E-state index contributed by atoms with van der Waals surface area (Å²) < 4.78 is 8.30. The number of hydrogen-bond donors (Lipinski definition) is 2. The molecular weight excluding hydrogens is 284 g/mol. The molecule has 0 saturated carbocycles. The molecule has 1 heterocycles. The Morgan fingerprint density at radius 1 is 1.59 bits per heavy atom. The molecule has 1 unspecified atom stereocenters. The number of rotatable bonds is 7. The maximum atomic E-state index is 5.56. The van der Waals surface area contributed by atoms with Gasteiger partial charge >= 0.3 is 0 Å². The normalized spacial score (nSPS) is 13.0. The number of aromatic nitrogens is 2. The molecule has 1 atom stereocenters. The highest BCUT2D eigenvalue weighted by Gasteiger charge is 2.15. The zero-order chi connectivity index (χ0) is 12.8. The Bertz CT molecular complexity index is 353. The van der Waals surface area contributed by atoms with E-state index in [0.29, 0.717) is 0 Å². The molecule has 0 saturated heterocycles. The van der Waals surface area contributed by atoms with Crippen LogP contribution >= 0.6 is 15.9 Å². The van der Waals surface area contributed by atoms with E-state index in [1.54, 1.807) is 0 Å². The molecule has 0 aliphatic carbocycles. The van der Waals surface area contributed by atoms with Gasteiger partial charge in [0.15, 0.2) is 0 Å². The average molecular weight is 305 g/mol. The van der Waals surface area contributed by atoms with Crippen LogP contribution in [0.1, 0.15) is 24.7 Å². The van der Waals surface area contributed by atoms with Gasteiger partial charge in [0.1, 0.15) is 0 Å². The highest BCUT2D eigenvalue weighted by Crippen LogP contribution is 2.21. The molecule has 0 bridgehead atoms. The summed E-state index contributed by atoms with van der Waals surface area (Å²) >= 11 is 3.56. The minimum absolute atomic E-state index is 0.202. The SMILES string of the molecule is CCOCCC(Cc1c(Br)c(C)nn1C)NN. The monoisotopic (exact) mass is 304 g/mol. The third-order valence-electron chi connectivity index (χ3n) is 2.75. The summed E-state index contributed by atoms with van der Waals surface area (Å²) in [7, 11) is 1.95. The van der Waals surface area contributed by atoms with E-state index in [0.717, 1.165) is 41.9 Å². The molecule has 6 heteroatoms. The van der Waals surface area contributed by atoms with Crippen LogP contribution in [0.2, 0.25) is 0 Å². The summed E-state index contributed by atoms with van der Waals surface area (Å²) in [6.45, 7) is 5.44. The number of nitrogens with zero attached hydrogens (tertiary/aromatic N) is 2. The first kappa shape index (κ1) is 14.6. The summed E-state index contributed by atoms with van der Waals surface area (Å²) in [5, 5.41) is 4.36. The number of hydrogen-bond acceptors (Lipinski definition) is 4. The van der Waals surface area contributed by atoms with Crippen LogP contribution in [-0.4, -0.2) is 29.0 Å². The van der Waals surface area contributed by atoms with Crippen LogP contribution in [0.5, 0.6) is 0 Å². The van der Waals surface area contributed by atoms with E-state index < -0.39 is 0 Å². The molecule has 1 rings (SSSR count). The fourth-order valence-corrected chi connectivity index (χ4v) is 2.25. The zero-order valence-electron chi connectivity index (χ0n) is 10.7. The lowest BCUT2D eigenvalue weighted by molar-refractivity contribution is 0.136. The predicted molar refractivity (Wildman–Crippen MR) is 71.6 cm³/mol. The first-order valence-corrected chi connectivity index (χ1v) is 6.61. The standard InChI is InChI=1S/C11H21BrN4O/c1-4-17-6-5-9(14-13)7-10-11(12)8(2)15-16(10)3/h9,14H,4-7,13H2,1-3H3. The largest absolute Gasteiger partial charge is 0.382 e. The molecule has 1 aromatic heterocycles. The van der Waals surface area contributed by atoms with Gasteiger partial charge in [-0.15, -0.1) is 0 Å². The first-order chi connectivity index (χ1) is 8.10. The molecule has 17 heavy (non-hydrogen) atoms.